The largest absolute Gasteiger partial charge is 0.206 e. The van der Waals surface area contributed by atoms with Gasteiger partial charge in [-0.1, -0.05) is 6.07 Å². The van der Waals surface area contributed by atoms with Gasteiger partial charge in [-0.05, 0) is 41.1 Å². The van der Waals surface area contributed by atoms with Gasteiger partial charge in [-0.3, -0.25) is 0 Å². The Hall–Kier alpha value is -0.630. The van der Waals surface area contributed by atoms with Crippen molar-refractivity contribution in [2.75, 3.05) is 0 Å². The molecule has 0 amide bonds. The summed E-state index contributed by atoms with van der Waals surface area (Å²) in [7, 11) is 0. The summed E-state index contributed by atoms with van der Waals surface area (Å²) in [6.07, 6.45) is 0. The van der Waals surface area contributed by atoms with Gasteiger partial charge in [0.1, 0.15) is 11.9 Å². The smallest absolute Gasteiger partial charge is 0.137 e. The minimum absolute atomic E-state index is 0.326. The molecular formula is C8H5FIN. The van der Waals surface area contributed by atoms with Gasteiger partial charge in [-0.25, -0.2) is 4.39 Å². The lowest BCUT2D eigenvalue weighted by Gasteiger charge is -1.99. The molecular weight excluding hydrogens is 256 g/mol. The normalized spacial score (nSPS) is 9.27. The first-order valence-corrected chi connectivity index (χ1v) is 4.09. The van der Waals surface area contributed by atoms with Gasteiger partial charge in [-0.2, -0.15) is 5.26 Å². The van der Waals surface area contributed by atoms with E-state index >= 15 is 0 Å². The zero-order valence-electron chi connectivity index (χ0n) is 5.86. The first-order valence-electron chi connectivity index (χ1n) is 3.01. The highest BCUT2D eigenvalue weighted by Gasteiger charge is 2.06. The third-order valence-electron chi connectivity index (χ3n) is 1.41. The maximum Gasteiger partial charge on any atom is 0.137 e. The number of halogens is 2. The van der Waals surface area contributed by atoms with E-state index in [9.17, 15) is 4.39 Å². The maximum absolute atomic E-state index is 12.8. The Bertz CT molecular complexity index is 328. The van der Waals surface area contributed by atoms with Crippen LogP contribution in [0.4, 0.5) is 4.39 Å². The van der Waals surface area contributed by atoms with Gasteiger partial charge < -0.3 is 0 Å². The predicted molar refractivity (Wildman–Crippen MR) is 48.6 cm³/mol. The second-order valence-electron chi connectivity index (χ2n) is 2.17. The summed E-state index contributed by atoms with van der Waals surface area (Å²) in [5, 5.41) is 8.60. The highest BCUT2D eigenvalue weighted by molar-refractivity contribution is 14.1. The summed E-state index contributed by atoms with van der Waals surface area (Å²) >= 11 is 1.83. The van der Waals surface area contributed by atoms with Crippen molar-refractivity contribution in [3.05, 3.63) is 32.6 Å². The van der Waals surface area contributed by atoms with Crippen molar-refractivity contribution >= 4 is 22.6 Å². The second-order valence-corrected chi connectivity index (χ2v) is 3.24. The average Bonchev–Trinajstić information content (AvgIpc) is 1.99. The third-order valence-corrected chi connectivity index (χ3v) is 2.47. The molecule has 0 aliphatic carbocycles. The van der Waals surface area contributed by atoms with Gasteiger partial charge >= 0.3 is 0 Å². The molecule has 0 aromatic heterocycles. The van der Waals surface area contributed by atoms with E-state index in [2.05, 4.69) is 0 Å². The van der Waals surface area contributed by atoms with Crippen LogP contribution in [0, 0.1) is 27.6 Å². The molecule has 3 heteroatoms. The first kappa shape index (κ1) is 8.47. The summed E-state index contributed by atoms with van der Waals surface area (Å²) in [6.45, 7) is 1.79. The average molecular weight is 261 g/mol. The van der Waals surface area contributed by atoms with Gasteiger partial charge in [-0.15, -0.1) is 0 Å². The van der Waals surface area contributed by atoms with Crippen LogP contribution in [0.15, 0.2) is 12.1 Å². The van der Waals surface area contributed by atoms with Crippen LogP contribution in [-0.2, 0) is 0 Å². The Balaban J connectivity index is 3.44. The van der Waals surface area contributed by atoms with Crippen LogP contribution in [0.2, 0.25) is 0 Å². The Kier molecular flexibility index (Phi) is 2.45. The first-order chi connectivity index (χ1) is 5.16. The fourth-order valence-corrected chi connectivity index (χ4v) is 1.51. The Labute approximate surface area is 78.0 Å². The SMILES string of the molecule is Cc1ccc(F)c(I)c1C#N. The van der Waals surface area contributed by atoms with E-state index < -0.39 is 0 Å². The summed E-state index contributed by atoms with van der Waals surface area (Å²) < 4.78 is 13.2. The van der Waals surface area contributed by atoms with E-state index in [1.54, 1.807) is 13.0 Å². The zero-order chi connectivity index (χ0) is 8.43. The fourth-order valence-electron chi connectivity index (χ4n) is 0.784. The monoisotopic (exact) mass is 261 g/mol. The number of hydrogen-bond acceptors (Lipinski definition) is 1. The van der Waals surface area contributed by atoms with E-state index in [0.29, 0.717) is 9.13 Å². The molecule has 0 spiro atoms. The zero-order valence-corrected chi connectivity index (χ0v) is 8.02. The maximum atomic E-state index is 12.8. The van der Waals surface area contributed by atoms with E-state index in [0.717, 1.165) is 5.56 Å². The topological polar surface area (TPSA) is 23.8 Å². The molecule has 0 bridgehead atoms. The van der Waals surface area contributed by atoms with Gasteiger partial charge in [0.15, 0.2) is 0 Å². The van der Waals surface area contributed by atoms with E-state index in [1.807, 2.05) is 28.7 Å². The molecule has 1 aromatic carbocycles. The van der Waals surface area contributed by atoms with Gasteiger partial charge in [0.2, 0.25) is 0 Å². The summed E-state index contributed by atoms with van der Waals surface area (Å²) in [6, 6.07) is 4.94. The van der Waals surface area contributed by atoms with Crippen molar-refractivity contribution in [1.29, 1.82) is 5.26 Å². The van der Waals surface area contributed by atoms with Crippen molar-refractivity contribution in [2.24, 2.45) is 0 Å². The van der Waals surface area contributed by atoms with Crippen molar-refractivity contribution < 1.29 is 4.39 Å². The standard InChI is InChI=1S/C8H5FIN/c1-5-2-3-7(9)8(10)6(5)4-11/h2-3H,1H3. The highest BCUT2D eigenvalue weighted by Crippen LogP contribution is 2.18. The van der Waals surface area contributed by atoms with Crippen LogP contribution in [0.3, 0.4) is 0 Å². The summed E-state index contributed by atoms with van der Waals surface area (Å²) in [5.74, 6) is -0.326. The van der Waals surface area contributed by atoms with Gasteiger partial charge in [0, 0.05) is 0 Å². The minimum atomic E-state index is -0.326. The fraction of sp³-hybridized carbons (Fsp3) is 0.125. The lowest BCUT2D eigenvalue weighted by molar-refractivity contribution is 0.619. The number of hydrogen-bond donors (Lipinski definition) is 0. The molecule has 11 heavy (non-hydrogen) atoms. The molecule has 0 saturated carbocycles. The molecule has 0 fully saturated rings. The highest BCUT2D eigenvalue weighted by atomic mass is 127. The molecule has 1 rings (SSSR count). The van der Waals surface area contributed by atoms with E-state index in [4.69, 9.17) is 5.26 Å². The number of rotatable bonds is 0. The quantitative estimate of drug-likeness (QED) is 0.658. The van der Waals surface area contributed by atoms with E-state index in [-0.39, 0.29) is 5.82 Å². The van der Waals surface area contributed by atoms with Gasteiger partial charge in [0.25, 0.3) is 0 Å². The predicted octanol–water partition coefficient (Wildman–Crippen LogP) is 2.61. The van der Waals surface area contributed by atoms with Crippen LogP contribution < -0.4 is 0 Å². The molecule has 1 aromatic rings. The molecule has 0 saturated heterocycles. The van der Waals surface area contributed by atoms with Crippen molar-refractivity contribution in [1.82, 2.24) is 0 Å². The van der Waals surface area contributed by atoms with Crippen molar-refractivity contribution in [3.63, 3.8) is 0 Å². The molecule has 0 atom stereocenters. The summed E-state index contributed by atoms with van der Waals surface area (Å²) in [4.78, 5) is 0. The van der Waals surface area contributed by atoms with Crippen LogP contribution in [0.5, 0.6) is 0 Å². The Morgan fingerprint density at radius 2 is 2.18 bits per heavy atom. The molecule has 1 nitrogen and oxygen atoms in total. The molecule has 56 valence electrons. The Morgan fingerprint density at radius 1 is 1.55 bits per heavy atom. The molecule has 0 aliphatic heterocycles. The van der Waals surface area contributed by atoms with Crippen molar-refractivity contribution in [2.45, 2.75) is 6.92 Å². The molecule has 0 N–H and O–H groups in total. The van der Waals surface area contributed by atoms with Crippen LogP contribution >= 0.6 is 22.6 Å². The Morgan fingerprint density at radius 3 is 2.64 bits per heavy atom. The van der Waals surface area contributed by atoms with Gasteiger partial charge in [0.05, 0.1) is 9.13 Å². The van der Waals surface area contributed by atoms with E-state index in [1.165, 1.54) is 6.07 Å². The van der Waals surface area contributed by atoms with Crippen LogP contribution in [0.1, 0.15) is 11.1 Å². The lowest BCUT2D eigenvalue weighted by atomic mass is 10.1. The second kappa shape index (κ2) is 3.18. The van der Waals surface area contributed by atoms with Crippen LogP contribution in [0.25, 0.3) is 0 Å². The summed E-state index contributed by atoms with van der Waals surface area (Å²) in [5.41, 5.74) is 1.25. The molecule has 0 unspecified atom stereocenters. The number of nitrogens with zero attached hydrogens (tertiary/aromatic N) is 1. The molecule has 0 radical (unpaired) electrons. The number of aryl methyl sites for hydroxylation is 1. The number of benzene rings is 1. The molecule has 0 aliphatic rings. The lowest BCUT2D eigenvalue weighted by Crippen LogP contribution is -1.90. The minimum Gasteiger partial charge on any atom is -0.206 e. The van der Waals surface area contributed by atoms with Crippen LogP contribution in [-0.4, -0.2) is 0 Å². The number of nitriles is 1. The third kappa shape index (κ3) is 1.51. The van der Waals surface area contributed by atoms with Crippen molar-refractivity contribution in [3.8, 4) is 6.07 Å². The molecule has 0 heterocycles.